The summed E-state index contributed by atoms with van der Waals surface area (Å²) in [7, 11) is 2.99. The molecule has 0 spiro atoms. The average Bonchev–Trinajstić information content (AvgIpc) is 3.30. The molecule has 2 heterocycles. The van der Waals surface area contributed by atoms with Gasteiger partial charge in [-0.05, 0) is 30.5 Å². The Balaban J connectivity index is 1.78. The molecular weight excluding hydrogens is 334 g/mol. The molecule has 1 aromatic heterocycles. The predicted molar refractivity (Wildman–Crippen MR) is 96.0 cm³/mol. The summed E-state index contributed by atoms with van der Waals surface area (Å²) >= 11 is 0. The van der Waals surface area contributed by atoms with Gasteiger partial charge in [0.05, 0.1) is 26.5 Å². The number of hydrogen-bond acceptors (Lipinski definition) is 5. The number of nitrogens with one attached hydrogen (secondary N) is 1. The van der Waals surface area contributed by atoms with Crippen LogP contribution in [-0.4, -0.2) is 35.0 Å². The number of aromatic hydroxyl groups is 1. The zero-order valence-electron chi connectivity index (χ0n) is 15.0. The fourth-order valence-electron chi connectivity index (χ4n) is 4.08. The topological polar surface area (TPSA) is 85.6 Å². The highest BCUT2D eigenvalue weighted by molar-refractivity contribution is 5.94. The van der Waals surface area contributed by atoms with Crippen molar-refractivity contribution >= 4 is 11.7 Å². The lowest BCUT2D eigenvalue weighted by Crippen LogP contribution is -2.25. The number of hydrogen-bond donors (Lipinski definition) is 2. The molecule has 0 radical (unpaired) electrons. The Morgan fingerprint density at radius 1 is 1.19 bits per heavy atom. The molecule has 1 fully saturated rings. The fourth-order valence-corrected chi connectivity index (χ4v) is 4.08. The van der Waals surface area contributed by atoms with Gasteiger partial charge >= 0.3 is 0 Å². The van der Waals surface area contributed by atoms with Crippen molar-refractivity contribution in [3.05, 3.63) is 29.5 Å². The molecule has 0 saturated heterocycles. The van der Waals surface area contributed by atoms with Gasteiger partial charge in [-0.2, -0.15) is 5.10 Å². The molecule has 1 aromatic carbocycles. The Bertz CT molecular complexity index is 814. The second kappa shape index (κ2) is 6.55. The lowest BCUT2D eigenvalue weighted by Gasteiger charge is -2.26. The third kappa shape index (κ3) is 2.67. The first-order valence-electron chi connectivity index (χ1n) is 8.94. The van der Waals surface area contributed by atoms with E-state index >= 15 is 0 Å². The molecule has 0 bridgehead atoms. The predicted octanol–water partition coefficient (Wildman–Crippen LogP) is 3.20. The molecule has 1 aliphatic heterocycles. The molecule has 4 rings (SSSR count). The smallest absolute Gasteiger partial charge is 0.226 e. The molecule has 0 unspecified atom stereocenters. The highest BCUT2D eigenvalue weighted by Crippen LogP contribution is 2.45. The summed E-state index contributed by atoms with van der Waals surface area (Å²) in [6, 6.07) is 3.87. The second-order valence-electron chi connectivity index (χ2n) is 6.91. The average molecular weight is 357 g/mol. The quantitative estimate of drug-likeness (QED) is 0.878. The minimum absolute atomic E-state index is 0.0340. The molecule has 2 aromatic rings. The van der Waals surface area contributed by atoms with Crippen LogP contribution in [0.2, 0.25) is 0 Å². The molecule has 7 nitrogen and oxygen atoms in total. The van der Waals surface area contributed by atoms with Crippen molar-refractivity contribution in [3.63, 3.8) is 0 Å². The largest absolute Gasteiger partial charge is 0.502 e. The summed E-state index contributed by atoms with van der Waals surface area (Å²) in [5, 5.41) is 17.7. The normalized spacial score (nSPS) is 19.9. The van der Waals surface area contributed by atoms with E-state index in [0.717, 1.165) is 29.8 Å². The molecule has 26 heavy (non-hydrogen) atoms. The standard InChI is InChI=1S/C19H23N3O4/c1-25-15-7-11(8-16(26-2)18(15)24)13-9-17(23)21-19-14(13)10-20-22(19)12-5-3-4-6-12/h7-8,10,12-13,24H,3-6,9H2,1-2H3,(H,21,23)/t13-/m0/s1. The number of methoxy groups -OCH3 is 2. The summed E-state index contributed by atoms with van der Waals surface area (Å²) in [5.41, 5.74) is 1.85. The number of phenolic OH excluding ortho intramolecular Hbond substituents is 1. The van der Waals surface area contributed by atoms with E-state index in [1.54, 1.807) is 12.1 Å². The van der Waals surface area contributed by atoms with E-state index in [4.69, 9.17) is 9.47 Å². The van der Waals surface area contributed by atoms with Crippen molar-refractivity contribution in [2.45, 2.75) is 44.1 Å². The number of amides is 1. The number of fused-ring (bicyclic) bond motifs is 1. The van der Waals surface area contributed by atoms with Crippen molar-refractivity contribution in [2.75, 3.05) is 19.5 Å². The molecule has 7 heteroatoms. The van der Waals surface area contributed by atoms with Gasteiger partial charge in [-0.15, -0.1) is 0 Å². The Kier molecular flexibility index (Phi) is 4.22. The Labute approximate surface area is 151 Å². The first-order valence-corrected chi connectivity index (χ1v) is 8.94. The maximum Gasteiger partial charge on any atom is 0.226 e. The van der Waals surface area contributed by atoms with Crippen LogP contribution >= 0.6 is 0 Å². The highest BCUT2D eigenvalue weighted by Gasteiger charge is 2.33. The van der Waals surface area contributed by atoms with Crippen molar-refractivity contribution in [3.8, 4) is 17.2 Å². The molecule has 1 atom stereocenters. The van der Waals surface area contributed by atoms with Gasteiger partial charge in [0.25, 0.3) is 0 Å². The summed E-state index contributed by atoms with van der Waals surface area (Å²) in [4.78, 5) is 12.4. The number of benzene rings is 1. The van der Waals surface area contributed by atoms with Gasteiger partial charge in [-0.25, -0.2) is 4.68 Å². The van der Waals surface area contributed by atoms with Gasteiger partial charge < -0.3 is 19.9 Å². The number of nitrogens with zero attached hydrogens (tertiary/aromatic N) is 2. The van der Waals surface area contributed by atoms with Crippen molar-refractivity contribution < 1.29 is 19.4 Å². The second-order valence-corrected chi connectivity index (χ2v) is 6.91. The zero-order chi connectivity index (χ0) is 18.3. The number of phenols is 1. The summed E-state index contributed by atoms with van der Waals surface area (Å²) in [5.74, 6) is 1.22. The molecule has 2 aliphatic rings. The van der Waals surface area contributed by atoms with Crippen LogP contribution in [0.4, 0.5) is 5.82 Å². The Hall–Kier alpha value is -2.70. The Morgan fingerprint density at radius 2 is 1.85 bits per heavy atom. The Morgan fingerprint density at radius 3 is 2.46 bits per heavy atom. The van der Waals surface area contributed by atoms with Crippen LogP contribution < -0.4 is 14.8 Å². The van der Waals surface area contributed by atoms with E-state index in [1.807, 2.05) is 10.9 Å². The lowest BCUT2D eigenvalue weighted by atomic mass is 9.87. The molecule has 138 valence electrons. The van der Waals surface area contributed by atoms with Crippen LogP contribution in [0.5, 0.6) is 17.2 Å². The van der Waals surface area contributed by atoms with Crippen LogP contribution in [0.3, 0.4) is 0 Å². The van der Waals surface area contributed by atoms with Crippen molar-refractivity contribution in [1.29, 1.82) is 0 Å². The van der Waals surface area contributed by atoms with E-state index in [2.05, 4.69) is 10.4 Å². The number of anilines is 1. The van der Waals surface area contributed by atoms with Gasteiger partial charge in [-0.3, -0.25) is 4.79 Å². The SMILES string of the molecule is COc1cc([C@@H]2CC(=O)Nc3c2cnn3C2CCCC2)cc(OC)c1O. The first kappa shape index (κ1) is 16.8. The lowest BCUT2D eigenvalue weighted by molar-refractivity contribution is -0.116. The number of aromatic nitrogens is 2. The van der Waals surface area contributed by atoms with E-state index in [1.165, 1.54) is 27.1 Å². The van der Waals surface area contributed by atoms with E-state index in [0.29, 0.717) is 24.0 Å². The maximum absolute atomic E-state index is 12.4. The van der Waals surface area contributed by atoms with Crippen LogP contribution in [0.1, 0.15) is 55.2 Å². The van der Waals surface area contributed by atoms with Gasteiger partial charge in [0, 0.05) is 17.9 Å². The van der Waals surface area contributed by atoms with E-state index in [9.17, 15) is 9.90 Å². The van der Waals surface area contributed by atoms with E-state index < -0.39 is 0 Å². The summed E-state index contributed by atoms with van der Waals surface area (Å²) in [6.07, 6.45) is 6.75. The minimum Gasteiger partial charge on any atom is -0.502 e. The van der Waals surface area contributed by atoms with Crippen molar-refractivity contribution in [2.24, 2.45) is 0 Å². The summed E-state index contributed by atoms with van der Waals surface area (Å²) < 4.78 is 12.5. The van der Waals surface area contributed by atoms with Crippen LogP contribution in [0, 0.1) is 0 Å². The fraction of sp³-hybridized carbons (Fsp3) is 0.474. The van der Waals surface area contributed by atoms with E-state index in [-0.39, 0.29) is 17.6 Å². The van der Waals surface area contributed by atoms with Gasteiger partial charge in [-0.1, -0.05) is 12.8 Å². The number of ether oxygens (including phenoxy) is 2. The van der Waals surface area contributed by atoms with Crippen LogP contribution in [0.25, 0.3) is 0 Å². The molecule has 1 saturated carbocycles. The first-order chi connectivity index (χ1) is 12.6. The van der Waals surface area contributed by atoms with Gasteiger partial charge in [0.2, 0.25) is 11.7 Å². The van der Waals surface area contributed by atoms with Crippen LogP contribution in [-0.2, 0) is 4.79 Å². The third-order valence-corrected chi connectivity index (χ3v) is 5.42. The van der Waals surface area contributed by atoms with Gasteiger partial charge in [0.1, 0.15) is 5.82 Å². The van der Waals surface area contributed by atoms with Crippen LogP contribution in [0.15, 0.2) is 18.3 Å². The molecule has 2 N–H and O–H groups in total. The monoisotopic (exact) mass is 357 g/mol. The number of carbonyl (C=O) groups excluding carboxylic acids is 1. The third-order valence-electron chi connectivity index (χ3n) is 5.42. The summed E-state index contributed by atoms with van der Waals surface area (Å²) in [6.45, 7) is 0. The van der Waals surface area contributed by atoms with Gasteiger partial charge in [0.15, 0.2) is 11.5 Å². The minimum atomic E-state index is -0.155. The number of rotatable bonds is 4. The number of carbonyl (C=O) groups is 1. The molecule has 1 amide bonds. The highest BCUT2D eigenvalue weighted by atomic mass is 16.5. The molecular formula is C19H23N3O4. The zero-order valence-corrected chi connectivity index (χ0v) is 15.0. The molecule has 1 aliphatic carbocycles. The van der Waals surface area contributed by atoms with Crippen molar-refractivity contribution in [1.82, 2.24) is 9.78 Å². The maximum atomic E-state index is 12.4.